The summed E-state index contributed by atoms with van der Waals surface area (Å²) < 4.78 is 0. The molecule has 30 heavy (non-hydrogen) atoms. The molecule has 2 aromatic carbocycles. The molecule has 3 rings (SSSR count). The van der Waals surface area contributed by atoms with Gasteiger partial charge in [-0.2, -0.15) is 0 Å². The summed E-state index contributed by atoms with van der Waals surface area (Å²) >= 11 is 0. The van der Waals surface area contributed by atoms with Crippen LogP contribution >= 0.6 is 0 Å². The van der Waals surface area contributed by atoms with Gasteiger partial charge < -0.3 is 20.9 Å². The Morgan fingerprint density at radius 2 is 1.63 bits per heavy atom. The van der Waals surface area contributed by atoms with Crippen molar-refractivity contribution in [3.8, 4) is 0 Å². The molecule has 3 N–H and O–H groups in total. The van der Waals surface area contributed by atoms with Crippen molar-refractivity contribution < 1.29 is 19.2 Å². The average Bonchev–Trinajstić information content (AvgIpc) is 3.15. The van der Waals surface area contributed by atoms with E-state index in [4.69, 9.17) is 5.73 Å². The second-order valence-electron chi connectivity index (χ2n) is 6.77. The van der Waals surface area contributed by atoms with Crippen LogP contribution in [0.2, 0.25) is 0 Å². The molecule has 0 saturated carbocycles. The Balaban J connectivity index is 1.68. The smallest absolute Gasteiger partial charge is 0.312 e. The van der Waals surface area contributed by atoms with Crippen LogP contribution < -0.4 is 16.0 Å². The molecule has 0 radical (unpaired) electrons. The fourth-order valence-corrected chi connectivity index (χ4v) is 3.14. The second-order valence-corrected chi connectivity index (χ2v) is 6.77. The lowest BCUT2D eigenvalue weighted by Crippen LogP contribution is -2.46. The molecule has 9 heteroatoms. The van der Waals surface area contributed by atoms with Crippen LogP contribution in [0.3, 0.4) is 0 Å². The van der Waals surface area contributed by atoms with Crippen molar-refractivity contribution in [2.24, 2.45) is 5.73 Å². The van der Waals surface area contributed by atoms with Gasteiger partial charge in [-0.05, 0) is 24.3 Å². The van der Waals surface area contributed by atoms with Gasteiger partial charge in [-0.15, -0.1) is 0 Å². The largest absolute Gasteiger partial charge is 0.352 e. The SMILES string of the molecule is NC(=O)NCCN(CC(=O)N1CC(=O)N(c2ccccc2)C1)C(=O)c1ccccc1. The van der Waals surface area contributed by atoms with E-state index in [1.54, 1.807) is 42.5 Å². The highest BCUT2D eigenvalue weighted by molar-refractivity contribution is 6.01. The van der Waals surface area contributed by atoms with Crippen LogP contribution in [0, 0.1) is 0 Å². The average molecular weight is 409 g/mol. The van der Waals surface area contributed by atoms with E-state index in [0.29, 0.717) is 11.3 Å². The van der Waals surface area contributed by atoms with Gasteiger partial charge >= 0.3 is 6.03 Å². The molecule has 156 valence electrons. The minimum absolute atomic E-state index is 0.0549. The second kappa shape index (κ2) is 9.55. The van der Waals surface area contributed by atoms with Crippen molar-refractivity contribution in [3.05, 3.63) is 66.2 Å². The third-order valence-corrected chi connectivity index (χ3v) is 4.67. The monoisotopic (exact) mass is 409 g/mol. The Bertz CT molecular complexity index is 920. The lowest BCUT2D eigenvalue weighted by atomic mass is 10.2. The van der Waals surface area contributed by atoms with Gasteiger partial charge in [0, 0.05) is 24.3 Å². The highest BCUT2D eigenvalue weighted by Crippen LogP contribution is 2.19. The lowest BCUT2D eigenvalue weighted by Gasteiger charge is -2.25. The van der Waals surface area contributed by atoms with Crippen molar-refractivity contribution in [2.75, 3.05) is 37.7 Å². The summed E-state index contributed by atoms with van der Waals surface area (Å²) in [5, 5.41) is 2.42. The number of nitrogens with one attached hydrogen (secondary N) is 1. The van der Waals surface area contributed by atoms with Crippen LogP contribution in [-0.2, 0) is 9.59 Å². The van der Waals surface area contributed by atoms with Crippen molar-refractivity contribution >= 4 is 29.4 Å². The van der Waals surface area contributed by atoms with Gasteiger partial charge in [0.15, 0.2) is 0 Å². The number of nitrogens with zero attached hydrogens (tertiary/aromatic N) is 3. The molecule has 1 heterocycles. The van der Waals surface area contributed by atoms with E-state index in [-0.39, 0.29) is 50.6 Å². The Morgan fingerprint density at radius 3 is 2.27 bits per heavy atom. The zero-order chi connectivity index (χ0) is 21.5. The molecule has 0 aromatic heterocycles. The summed E-state index contributed by atoms with van der Waals surface area (Å²) in [7, 11) is 0. The zero-order valence-corrected chi connectivity index (χ0v) is 16.4. The Hall–Kier alpha value is -3.88. The minimum atomic E-state index is -0.711. The van der Waals surface area contributed by atoms with Crippen LogP contribution in [-0.4, -0.2) is 66.4 Å². The first kappa shape index (κ1) is 20.8. The molecule has 0 aliphatic carbocycles. The predicted molar refractivity (Wildman–Crippen MR) is 110 cm³/mol. The summed E-state index contributed by atoms with van der Waals surface area (Å²) in [5.74, 6) is -0.892. The first-order chi connectivity index (χ1) is 14.5. The molecule has 1 aliphatic heterocycles. The van der Waals surface area contributed by atoms with Gasteiger partial charge in [-0.3, -0.25) is 19.3 Å². The zero-order valence-electron chi connectivity index (χ0n) is 16.4. The quantitative estimate of drug-likeness (QED) is 0.698. The summed E-state index contributed by atoms with van der Waals surface area (Å²) in [6, 6.07) is 16.9. The highest BCUT2D eigenvalue weighted by Gasteiger charge is 2.33. The van der Waals surface area contributed by atoms with Crippen molar-refractivity contribution in [2.45, 2.75) is 0 Å². The Morgan fingerprint density at radius 1 is 1.00 bits per heavy atom. The molecule has 1 fully saturated rings. The predicted octanol–water partition coefficient (Wildman–Crippen LogP) is 0.630. The van der Waals surface area contributed by atoms with E-state index in [2.05, 4.69) is 5.32 Å². The van der Waals surface area contributed by atoms with Gasteiger partial charge in [0.2, 0.25) is 11.8 Å². The molecule has 0 bridgehead atoms. The molecule has 0 spiro atoms. The molecule has 1 saturated heterocycles. The normalized spacial score (nSPS) is 13.3. The van der Waals surface area contributed by atoms with Crippen LogP contribution in [0.1, 0.15) is 10.4 Å². The van der Waals surface area contributed by atoms with Gasteiger partial charge in [0.25, 0.3) is 5.91 Å². The fourth-order valence-electron chi connectivity index (χ4n) is 3.14. The Kier molecular flexibility index (Phi) is 6.63. The van der Waals surface area contributed by atoms with E-state index in [9.17, 15) is 19.2 Å². The van der Waals surface area contributed by atoms with Gasteiger partial charge in [-0.25, -0.2) is 4.79 Å². The minimum Gasteiger partial charge on any atom is -0.352 e. The molecule has 0 unspecified atom stereocenters. The number of benzene rings is 2. The summed E-state index contributed by atoms with van der Waals surface area (Å²) in [5.41, 5.74) is 6.21. The standard InChI is InChI=1S/C21H23N5O4/c22-21(30)23-11-12-24(20(29)16-7-3-1-4-8-16)13-18(27)25-14-19(28)26(15-25)17-9-5-2-6-10-17/h1-10H,11-15H2,(H3,22,23,30). The van der Waals surface area contributed by atoms with Gasteiger partial charge in [0.1, 0.15) is 19.8 Å². The molecule has 5 amide bonds. The molecule has 9 nitrogen and oxygen atoms in total. The summed E-state index contributed by atoms with van der Waals surface area (Å²) in [4.78, 5) is 53.3. The van der Waals surface area contributed by atoms with E-state index < -0.39 is 6.03 Å². The number of carbonyl (C=O) groups excluding carboxylic acids is 4. The number of hydrogen-bond donors (Lipinski definition) is 2. The first-order valence-corrected chi connectivity index (χ1v) is 9.46. The van der Waals surface area contributed by atoms with Crippen LogP contribution in [0.15, 0.2) is 60.7 Å². The lowest BCUT2D eigenvalue weighted by molar-refractivity contribution is -0.132. The number of primary amides is 1. The third-order valence-electron chi connectivity index (χ3n) is 4.67. The number of nitrogens with two attached hydrogens (primary N) is 1. The molecular formula is C21H23N5O4. The van der Waals surface area contributed by atoms with Crippen LogP contribution in [0.25, 0.3) is 0 Å². The van der Waals surface area contributed by atoms with Crippen molar-refractivity contribution in [1.82, 2.24) is 15.1 Å². The topological polar surface area (TPSA) is 116 Å². The number of anilines is 1. The molecule has 0 atom stereocenters. The maximum Gasteiger partial charge on any atom is 0.312 e. The van der Waals surface area contributed by atoms with Gasteiger partial charge in [-0.1, -0.05) is 36.4 Å². The number of amides is 5. The molecule has 2 aromatic rings. The van der Waals surface area contributed by atoms with E-state index in [0.717, 1.165) is 0 Å². The summed E-state index contributed by atoms with van der Waals surface area (Å²) in [6.07, 6.45) is 0. The number of para-hydroxylation sites is 1. The number of urea groups is 1. The van der Waals surface area contributed by atoms with E-state index in [1.807, 2.05) is 18.2 Å². The number of hydrogen-bond acceptors (Lipinski definition) is 4. The highest BCUT2D eigenvalue weighted by atomic mass is 16.2. The fraction of sp³-hybridized carbons (Fsp3) is 0.238. The summed E-state index contributed by atoms with van der Waals surface area (Å²) in [6.45, 7) is 0.0577. The van der Waals surface area contributed by atoms with Crippen molar-refractivity contribution in [1.29, 1.82) is 0 Å². The number of rotatable bonds is 7. The van der Waals surface area contributed by atoms with E-state index >= 15 is 0 Å². The van der Waals surface area contributed by atoms with Crippen LogP contribution in [0.4, 0.5) is 10.5 Å². The third kappa shape index (κ3) is 5.13. The molecule has 1 aliphatic rings. The maximum absolute atomic E-state index is 12.9. The number of carbonyl (C=O) groups is 4. The van der Waals surface area contributed by atoms with Crippen molar-refractivity contribution in [3.63, 3.8) is 0 Å². The Labute approximate surface area is 174 Å². The van der Waals surface area contributed by atoms with Crippen LogP contribution in [0.5, 0.6) is 0 Å². The van der Waals surface area contributed by atoms with E-state index in [1.165, 1.54) is 14.7 Å². The first-order valence-electron chi connectivity index (χ1n) is 9.46. The van der Waals surface area contributed by atoms with Gasteiger partial charge in [0.05, 0.1) is 0 Å². The maximum atomic E-state index is 12.9. The molecular weight excluding hydrogens is 386 g/mol.